The topological polar surface area (TPSA) is 76.9 Å². The zero-order valence-electron chi connectivity index (χ0n) is 15.4. The molecular weight excluding hydrogens is 443 g/mol. The van der Waals surface area contributed by atoms with Gasteiger partial charge in [-0.15, -0.1) is 11.3 Å². The highest BCUT2D eigenvalue weighted by molar-refractivity contribution is 7.15. The van der Waals surface area contributed by atoms with Crippen LogP contribution in [-0.2, 0) is 6.42 Å². The number of hydrogen-bond donors (Lipinski definition) is 1. The van der Waals surface area contributed by atoms with Crippen LogP contribution in [0.15, 0.2) is 71.7 Å². The molecule has 0 spiro atoms. The molecule has 0 atom stereocenters. The number of aromatic nitrogens is 3. The van der Waals surface area contributed by atoms with Gasteiger partial charge >= 0.3 is 0 Å². The van der Waals surface area contributed by atoms with Gasteiger partial charge in [0.1, 0.15) is 5.69 Å². The second kappa shape index (κ2) is 8.79. The monoisotopic (exact) mass is 456 g/mol. The normalized spacial score (nSPS) is 10.7. The van der Waals surface area contributed by atoms with Crippen LogP contribution in [0.1, 0.15) is 20.9 Å². The van der Waals surface area contributed by atoms with Crippen LogP contribution in [0.3, 0.4) is 0 Å². The number of halogens is 2. The zero-order chi connectivity index (χ0) is 21.1. The standard InChI is InChI=1S/C21H14Cl2N4O2S/c22-14-6-7-17(23)13(10-14)11-16-12-24-21(30-16)25-20(29)18-8-9-19(28)27(26-18)15-4-2-1-3-5-15/h1-10,12H,11H2,(H,24,25,29). The molecule has 0 unspecified atom stereocenters. The number of para-hydroxylation sites is 1. The van der Waals surface area contributed by atoms with E-state index in [9.17, 15) is 9.59 Å². The van der Waals surface area contributed by atoms with Crippen LogP contribution in [0, 0.1) is 0 Å². The van der Waals surface area contributed by atoms with Crippen LogP contribution in [0.4, 0.5) is 5.13 Å². The number of anilines is 1. The van der Waals surface area contributed by atoms with Crippen LogP contribution in [0.25, 0.3) is 5.69 Å². The summed E-state index contributed by atoms with van der Waals surface area (Å²) in [5.41, 5.74) is 1.23. The first-order valence-corrected chi connectivity index (χ1v) is 10.4. The van der Waals surface area contributed by atoms with E-state index >= 15 is 0 Å². The van der Waals surface area contributed by atoms with E-state index in [2.05, 4.69) is 15.4 Å². The van der Waals surface area contributed by atoms with Gasteiger partial charge in [0.25, 0.3) is 11.5 Å². The van der Waals surface area contributed by atoms with E-state index in [-0.39, 0.29) is 11.3 Å². The highest BCUT2D eigenvalue weighted by atomic mass is 35.5. The summed E-state index contributed by atoms with van der Waals surface area (Å²) in [6.45, 7) is 0. The molecule has 2 aromatic carbocycles. The Kier molecular flexibility index (Phi) is 5.94. The Bertz CT molecular complexity index is 1270. The summed E-state index contributed by atoms with van der Waals surface area (Å²) >= 11 is 13.6. The number of hydrogen-bond acceptors (Lipinski definition) is 5. The Morgan fingerprint density at radius 3 is 2.67 bits per heavy atom. The lowest BCUT2D eigenvalue weighted by Gasteiger charge is -2.06. The van der Waals surface area contributed by atoms with Gasteiger partial charge < -0.3 is 0 Å². The lowest BCUT2D eigenvalue weighted by Crippen LogP contribution is -2.24. The molecule has 0 aliphatic rings. The number of nitrogens with zero attached hydrogens (tertiary/aromatic N) is 3. The Morgan fingerprint density at radius 2 is 1.87 bits per heavy atom. The van der Waals surface area contributed by atoms with Gasteiger partial charge in [0.15, 0.2) is 5.13 Å². The van der Waals surface area contributed by atoms with Crippen molar-refractivity contribution >= 4 is 45.6 Å². The summed E-state index contributed by atoms with van der Waals surface area (Å²) in [6.07, 6.45) is 2.22. The van der Waals surface area contributed by atoms with Crippen LogP contribution >= 0.6 is 34.5 Å². The number of benzene rings is 2. The van der Waals surface area contributed by atoms with E-state index < -0.39 is 5.91 Å². The minimum Gasteiger partial charge on any atom is -0.296 e. The Labute approximate surface area is 185 Å². The Morgan fingerprint density at radius 1 is 1.07 bits per heavy atom. The van der Waals surface area contributed by atoms with Gasteiger partial charge in [0.2, 0.25) is 0 Å². The highest BCUT2D eigenvalue weighted by Gasteiger charge is 2.14. The van der Waals surface area contributed by atoms with Crippen LogP contribution in [-0.4, -0.2) is 20.7 Å². The van der Waals surface area contributed by atoms with E-state index in [0.717, 1.165) is 10.4 Å². The summed E-state index contributed by atoms with van der Waals surface area (Å²) in [6, 6.07) is 16.9. The van der Waals surface area contributed by atoms with Crippen molar-refractivity contribution in [1.82, 2.24) is 14.8 Å². The molecule has 0 bridgehead atoms. The van der Waals surface area contributed by atoms with Crippen molar-refractivity contribution in [3.05, 3.63) is 103 Å². The van der Waals surface area contributed by atoms with Crippen LogP contribution < -0.4 is 10.9 Å². The van der Waals surface area contributed by atoms with Gasteiger partial charge in [-0.25, -0.2) is 4.98 Å². The van der Waals surface area contributed by atoms with E-state index in [4.69, 9.17) is 23.2 Å². The molecule has 0 radical (unpaired) electrons. The lowest BCUT2D eigenvalue weighted by atomic mass is 10.1. The van der Waals surface area contributed by atoms with Crippen LogP contribution in [0.5, 0.6) is 0 Å². The molecule has 4 rings (SSSR count). The fourth-order valence-corrected chi connectivity index (χ4v) is 3.97. The predicted octanol–water partition coefficient (Wildman–Crippen LogP) is 4.84. The first-order chi connectivity index (χ1) is 14.5. The maximum Gasteiger partial charge on any atom is 0.277 e. The van der Waals surface area contributed by atoms with E-state index in [0.29, 0.717) is 27.3 Å². The van der Waals surface area contributed by atoms with Crippen molar-refractivity contribution in [2.24, 2.45) is 0 Å². The van der Waals surface area contributed by atoms with Gasteiger partial charge in [-0.05, 0) is 42.0 Å². The van der Waals surface area contributed by atoms with Crippen molar-refractivity contribution in [1.29, 1.82) is 0 Å². The Balaban J connectivity index is 1.51. The molecule has 2 heterocycles. The quantitative estimate of drug-likeness (QED) is 0.466. The van der Waals surface area contributed by atoms with Gasteiger partial charge in [-0.2, -0.15) is 9.78 Å². The maximum absolute atomic E-state index is 12.6. The molecule has 1 amide bonds. The second-order valence-electron chi connectivity index (χ2n) is 6.30. The molecule has 0 aliphatic carbocycles. The largest absolute Gasteiger partial charge is 0.296 e. The fourth-order valence-electron chi connectivity index (χ4n) is 2.76. The number of amides is 1. The first kappa shape index (κ1) is 20.3. The molecule has 30 heavy (non-hydrogen) atoms. The minimum absolute atomic E-state index is 0.105. The maximum atomic E-state index is 12.6. The molecule has 6 nitrogen and oxygen atoms in total. The van der Waals surface area contributed by atoms with Crippen LogP contribution in [0.2, 0.25) is 10.0 Å². The third kappa shape index (κ3) is 4.59. The molecule has 0 fully saturated rings. The minimum atomic E-state index is -0.457. The SMILES string of the molecule is O=C(Nc1ncc(Cc2cc(Cl)ccc2Cl)s1)c1ccc(=O)n(-c2ccccc2)n1. The second-order valence-corrected chi connectivity index (χ2v) is 8.26. The van der Waals surface area contributed by atoms with Gasteiger partial charge in [-0.1, -0.05) is 41.4 Å². The van der Waals surface area contributed by atoms with E-state index in [1.807, 2.05) is 6.07 Å². The van der Waals surface area contributed by atoms with Crippen molar-refractivity contribution in [3.63, 3.8) is 0 Å². The lowest BCUT2D eigenvalue weighted by molar-refractivity contribution is 0.102. The summed E-state index contributed by atoms with van der Waals surface area (Å²) in [5.74, 6) is -0.457. The van der Waals surface area contributed by atoms with Gasteiger partial charge in [-0.3, -0.25) is 14.9 Å². The smallest absolute Gasteiger partial charge is 0.277 e. The summed E-state index contributed by atoms with van der Waals surface area (Å²) in [4.78, 5) is 29.9. The van der Waals surface area contributed by atoms with E-state index in [1.54, 1.807) is 48.7 Å². The highest BCUT2D eigenvalue weighted by Crippen LogP contribution is 2.27. The average molecular weight is 457 g/mol. The predicted molar refractivity (Wildman–Crippen MR) is 119 cm³/mol. The molecular formula is C21H14Cl2N4O2S. The number of thiazole rings is 1. The fraction of sp³-hybridized carbons (Fsp3) is 0.0476. The van der Waals surface area contributed by atoms with Gasteiger partial charge in [0, 0.05) is 33.6 Å². The molecule has 9 heteroatoms. The summed E-state index contributed by atoms with van der Waals surface area (Å²) in [7, 11) is 0. The van der Waals surface area contributed by atoms with Crippen molar-refractivity contribution < 1.29 is 4.79 Å². The molecule has 1 N–H and O–H groups in total. The molecule has 0 aliphatic heterocycles. The number of carbonyl (C=O) groups excluding carboxylic acids is 1. The third-order valence-corrected chi connectivity index (χ3v) is 5.70. The Hall–Kier alpha value is -3.00. The van der Waals surface area contributed by atoms with Crippen molar-refractivity contribution in [2.45, 2.75) is 6.42 Å². The zero-order valence-corrected chi connectivity index (χ0v) is 17.7. The van der Waals surface area contributed by atoms with Gasteiger partial charge in [0.05, 0.1) is 5.69 Å². The first-order valence-electron chi connectivity index (χ1n) is 8.85. The summed E-state index contributed by atoms with van der Waals surface area (Å²) in [5, 5.41) is 8.54. The van der Waals surface area contributed by atoms with Crippen molar-refractivity contribution in [3.8, 4) is 5.69 Å². The average Bonchev–Trinajstić information content (AvgIpc) is 3.18. The third-order valence-electron chi connectivity index (χ3n) is 4.18. The molecule has 4 aromatic rings. The molecule has 150 valence electrons. The number of carbonyl (C=O) groups is 1. The number of rotatable bonds is 5. The molecule has 2 aromatic heterocycles. The number of nitrogens with one attached hydrogen (secondary N) is 1. The summed E-state index contributed by atoms with van der Waals surface area (Å²) < 4.78 is 1.18. The van der Waals surface area contributed by atoms with E-state index in [1.165, 1.54) is 28.2 Å². The molecule has 0 saturated heterocycles. The van der Waals surface area contributed by atoms with Crippen molar-refractivity contribution in [2.75, 3.05) is 5.32 Å². The molecule has 0 saturated carbocycles.